The number of benzene rings is 2. The van der Waals surface area contributed by atoms with Gasteiger partial charge in [-0.25, -0.2) is 10.6 Å². The predicted molar refractivity (Wildman–Crippen MR) is 158 cm³/mol. The first-order valence-corrected chi connectivity index (χ1v) is 13.5. The van der Waals surface area contributed by atoms with E-state index in [1.165, 1.54) is 6.92 Å². The first-order chi connectivity index (χ1) is 19.4. The number of likely N-dealkylation sites (tertiary alicyclic amines) is 1. The highest BCUT2D eigenvalue weighted by Gasteiger charge is 2.30. The van der Waals surface area contributed by atoms with Gasteiger partial charge < -0.3 is 31.7 Å². The predicted octanol–water partition coefficient (Wildman–Crippen LogP) is 1.62. The van der Waals surface area contributed by atoms with E-state index in [9.17, 15) is 19.2 Å². The Kier molecular flexibility index (Phi) is 12.5. The molecule has 3 atom stereocenters. The molecule has 1 aliphatic rings. The maximum atomic E-state index is 12.4. The molecule has 0 radical (unpaired) electrons. The molecule has 0 aliphatic carbocycles. The number of likely N-dealkylation sites (N-methyl/N-ethyl adjacent to an activating group) is 1. The fourth-order valence-electron chi connectivity index (χ4n) is 4.49. The van der Waals surface area contributed by atoms with Crippen LogP contribution in [0.1, 0.15) is 39.2 Å². The number of nitrogens with two attached hydrogens (primary N) is 3. The summed E-state index contributed by atoms with van der Waals surface area (Å²) >= 11 is 0. The van der Waals surface area contributed by atoms with Crippen LogP contribution in [0.4, 0.5) is 0 Å². The number of amides is 2. The third kappa shape index (κ3) is 9.44. The summed E-state index contributed by atoms with van der Waals surface area (Å²) in [5, 5.41) is 12.6. The van der Waals surface area contributed by atoms with Crippen LogP contribution in [0.25, 0.3) is 11.1 Å². The zero-order valence-corrected chi connectivity index (χ0v) is 24.1. The van der Waals surface area contributed by atoms with Gasteiger partial charge in [-0.2, -0.15) is 0 Å². The first-order valence-electron chi connectivity index (χ1n) is 13.5. The number of nitrogens with one attached hydrogen (secondary N) is 1. The average molecular weight is 567 g/mol. The van der Waals surface area contributed by atoms with Crippen LogP contribution in [0.3, 0.4) is 0 Å². The number of hydrazine groups is 1. The van der Waals surface area contributed by atoms with Gasteiger partial charge in [0, 0.05) is 6.42 Å². The van der Waals surface area contributed by atoms with Gasteiger partial charge in [0.2, 0.25) is 11.8 Å². The molecule has 1 aliphatic heterocycles. The Hall–Kier alpha value is -4.22. The molecule has 1 saturated heterocycles. The highest BCUT2D eigenvalue weighted by atomic mass is 16.4. The van der Waals surface area contributed by atoms with Crippen molar-refractivity contribution < 1.29 is 24.3 Å². The number of aliphatic carboxylic acids is 1. The van der Waals surface area contributed by atoms with E-state index >= 15 is 0 Å². The molecule has 41 heavy (non-hydrogen) atoms. The standard InChI is InChI=1S/C21H25N3O2.C9H17N3O3/c1-24-13-5-8-19(24)21(26)23-18(20(22)25)14-15-9-11-17(12-10-15)16-6-3-2-4-7-16;1-5(2)7(4-13)12(11)6(3)8(10)9(14)15/h2-4,6-7,9-12,18-19H,5,8,13-14H2,1H3,(H2,22,25)(H,23,26);4-5,7H,10-11H2,1-3H3,(H,14,15)/b;8-6-/t18-,19?;/m1./s1. The molecule has 2 aromatic rings. The molecule has 2 aromatic carbocycles. The minimum atomic E-state index is -1.25. The van der Waals surface area contributed by atoms with E-state index in [0.29, 0.717) is 12.7 Å². The van der Waals surface area contributed by atoms with Crippen LogP contribution in [0, 0.1) is 5.92 Å². The third-order valence-corrected chi connectivity index (χ3v) is 7.14. The number of carbonyl (C=O) groups excluding carboxylic acids is 3. The quantitative estimate of drug-likeness (QED) is 0.117. The second-order valence-corrected chi connectivity index (χ2v) is 10.5. The zero-order chi connectivity index (χ0) is 30.7. The Balaban J connectivity index is 0.000000337. The van der Waals surface area contributed by atoms with Gasteiger partial charge in [0.05, 0.1) is 11.7 Å². The average Bonchev–Trinajstić information content (AvgIpc) is 3.39. The lowest BCUT2D eigenvalue weighted by Gasteiger charge is -2.28. The van der Waals surface area contributed by atoms with Crippen LogP contribution in [0.2, 0.25) is 0 Å². The highest BCUT2D eigenvalue weighted by Crippen LogP contribution is 2.20. The molecule has 2 unspecified atom stereocenters. The van der Waals surface area contributed by atoms with E-state index in [1.807, 2.05) is 68.3 Å². The maximum Gasteiger partial charge on any atom is 0.353 e. The lowest BCUT2D eigenvalue weighted by atomic mass is 10.00. The van der Waals surface area contributed by atoms with Crippen LogP contribution in [-0.2, 0) is 25.6 Å². The van der Waals surface area contributed by atoms with E-state index in [4.69, 9.17) is 22.4 Å². The first kappa shape index (κ1) is 33.0. The van der Waals surface area contributed by atoms with Gasteiger partial charge in [0.25, 0.3) is 0 Å². The smallest absolute Gasteiger partial charge is 0.353 e. The highest BCUT2D eigenvalue weighted by molar-refractivity contribution is 5.89. The molecule has 11 heteroatoms. The van der Waals surface area contributed by atoms with Crippen molar-refractivity contribution in [1.82, 2.24) is 15.2 Å². The fourth-order valence-corrected chi connectivity index (χ4v) is 4.49. The molecule has 1 heterocycles. The summed E-state index contributed by atoms with van der Waals surface area (Å²) in [5.41, 5.74) is 13.9. The monoisotopic (exact) mass is 566 g/mol. The molecular weight excluding hydrogens is 524 g/mol. The molecule has 0 spiro atoms. The second-order valence-electron chi connectivity index (χ2n) is 10.5. The lowest BCUT2D eigenvalue weighted by molar-refractivity contribution is -0.133. The van der Waals surface area contributed by atoms with Gasteiger partial charge in [0.1, 0.15) is 24.1 Å². The number of carboxylic acid groups (broad SMARTS) is 1. The van der Waals surface area contributed by atoms with Crippen LogP contribution in [0.15, 0.2) is 66.0 Å². The number of rotatable bonds is 11. The maximum absolute atomic E-state index is 12.4. The number of nitrogens with zero attached hydrogens (tertiary/aromatic N) is 2. The number of hydrogen-bond donors (Lipinski definition) is 5. The molecule has 11 nitrogen and oxygen atoms in total. The van der Waals surface area contributed by atoms with Crippen molar-refractivity contribution in [3.8, 4) is 11.1 Å². The number of primary amides is 1. The molecule has 3 rings (SSSR count). The van der Waals surface area contributed by atoms with Gasteiger partial charge in [-0.3, -0.25) is 14.5 Å². The topological polar surface area (TPSA) is 185 Å². The second kappa shape index (κ2) is 15.5. The fraction of sp³-hybridized carbons (Fsp3) is 0.400. The number of carboxylic acids is 1. The summed E-state index contributed by atoms with van der Waals surface area (Å²) in [5.74, 6) is 3.71. The molecular formula is C30H42N6O5. The molecule has 1 fully saturated rings. The third-order valence-electron chi connectivity index (χ3n) is 7.14. The van der Waals surface area contributed by atoms with Crippen molar-refractivity contribution in [1.29, 1.82) is 0 Å². The van der Waals surface area contributed by atoms with E-state index < -0.39 is 24.0 Å². The van der Waals surface area contributed by atoms with E-state index in [2.05, 4.69) is 17.4 Å². The van der Waals surface area contributed by atoms with Gasteiger partial charge >= 0.3 is 5.97 Å². The van der Waals surface area contributed by atoms with Crippen LogP contribution in [-0.4, -0.2) is 70.8 Å². The Morgan fingerprint density at radius 3 is 2.12 bits per heavy atom. The van der Waals surface area contributed by atoms with Gasteiger partial charge in [-0.05, 0) is 56.0 Å². The zero-order valence-electron chi connectivity index (χ0n) is 24.1. The number of allylic oxidation sites excluding steroid dienone is 1. The minimum Gasteiger partial charge on any atom is -0.477 e. The largest absolute Gasteiger partial charge is 0.477 e. The summed E-state index contributed by atoms with van der Waals surface area (Å²) in [6.45, 7) is 5.98. The number of aldehydes is 1. The Morgan fingerprint density at radius 1 is 1.07 bits per heavy atom. The SMILES string of the molecule is C/C(=C(/N)C(=O)O)N(N)C(C=O)C(C)C.CN1CCCC1C(=O)N[C@H](Cc1ccc(-c2ccccc2)cc1)C(N)=O. The van der Waals surface area contributed by atoms with Gasteiger partial charge in [0.15, 0.2) is 0 Å². The van der Waals surface area contributed by atoms with Crippen molar-refractivity contribution in [2.45, 2.75) is 58.2 Å². The van der Waals surface area contributed by atoms with Crippen molar-refractivity contribution in [3.63, 3.8) is 0 Å². The van der Waals surface area contributed by atoms with Crippen molar-refractivity contribution >= 4 is 24.1 Å². The Bertz CT molecular complexity index is 1220. The Morgan fingerprint density at radius 2 is 1.66 bits per heavy atom. The van der Waals surface area contributed by atoms with Gasteiger partial charge in [-0.15, -0.1) is 0 Å². The van der Waals surface area contributed by atoms with E-state index in [-0.39, 0.29) is 29.3 Å². The van der Waals surface area contributed by atoms with Crippen LogP contribution >= 0.6 is 0 Å². The molecule has 0 bridgehead atoms. The van der Waals surface area contributed by atoms with Gasteiger partial charge in [-0.1, -0.05) is 68.4 Å². The summed E-state index contributed by atoms with van der Waals surface area (Å²) in [4.78, 5) is 47.6. The Labute approximate surface area is 241 Å². The van der Waals surface area contributed by atoms with Crippen LogP contribution in [0.5, 0.6) is 0 Å². The number of hydrogen-bond acceptors (Lipinski definition) is 8. The summed E-state index contributed by atoms with van der Waals surface area (Å²) < 4.78 is 0. The minimum absolute atomic E-state index is 0.0240. The molecule has 222 valence electrons. The number of carbonyl (C=O) groups is 4. The van der Waals surface area contributed by atoms with E-state index in [0.717, 1.165) is 41.1 Å². The summed E-state index contributed by atoms with van der Waals surface area (Å²) in [6.07, 6.45) is 2.88. The van der Waals surface area contributed by atoms with Crippen molar-refractivity contribution in [2.75, 3.05) is 13.6 Å². The van der Waals surface area contributed by atoms with Crippen LogP contribution < -0.4 is 22.6 Å². The van der Waals surface area contributed by atoms with E-state index in [1.54, 1.807) is 0 Å². The van der Waals surface area contributed by atoms with Crippen molar-refractivity contribution in [3.05, 3.63) is 71.6 Å². The summed E-state index contributed by atoms with van der Waals surface area (Å²) in [7, 11) is 1.93. The molecule has 0 saturated carbocycles. The molecule has 2 amide bonds. The lowest BCUT2D eigenvalue weighted by Crippen LogP contribution is -2.51. The van der Waals surface area contributed by atoms with Crippen molar-refractivity contribution in [2.24, 2.45) is 23.2 Å². The molecule has 0 aromatic heterocycles. The molecule has 8 N–H and O–H groups in total. The normalized spacial score (nSPS) is 17.0. The summed E-state index contributed by atoms with van der Waals surface area (Å²) in [6, 6.07) is 16.7.